The fourth-order valence-electron chi connectivity index (χ4n) is 1.49. The van der Waals surface area contributed by atoms with Gasteiger partial charge in [0.05, 0.1) is 11.8 Å². The highest BCUT2D eigenvalue weighted by Crippen LogP contribution is 2.13. The number of nitrogens with zero attached hydrogens (tertiary/aromatic N) is 3. The number of H-pyrrole nitrogens is 1. The second kappa shape index (κ2) is 6.24. The number of nitrogens with one attached hydrogen (secondary N) is 2. The number of carbonyl (C=O) groups excluding carboxylic acids is 1. The van der Waals surface area contributed by atoms with E-state index in [9.17, 15) is 9.18 Å². The van der Waals surface area contributed by atoms with E-state index in [-0.39, 0.29) is 10.7 Å². The van der Waals surface area contributed by atoms with Crippen LogP contribution in [-0.4, -0.2) is 32.6 Å². The zero-order valence-corrected chi connectivity index (χ0v) is 10.6. The van der Waals surface area contributed by atoms with E-state index in [0.717, 1.165) is 18.1 Å². The summed E-state index contributed by atoms with van der Waals surface area (Å²) in [5.74, 6) is -0.300. The van der Waals surface area contributed by atoms with E-state index in [1.807, 2.05) is 0 Å². The molecule has 2 rings (SSSR count). The summed E-state index contributed by atoms with van der Waals surface area (Å²) >= 11 is 5.72. The molecule has 2 heterocycles. The molecular weight excluding hydrogens is 273 g/mol. The van der Waals surface area contributed by atoms with E-state index in [2.05, 4.69) is 25.5 Å². The molecule has 0 bridgehead atoms. The molecule has 0 atom stereocenters. The molecule has 8 heteroatoms. The number of aromatic nitrogens is 4. The van der Waals surface area contributed by atoms with Gasteiger partial charge in [0, 0.05) is 13.0 Å². The van der Waals surface area contributed by atoms with Gasteiger partial charge in [0.1, 0.15) is 23.1 Å². The van der Waals surface area contributed by atoms with Crippen molar-refractivity contribution < 1.29 is 9.18 Å². The maximum absolute atomic E-state index is 13.0. The SMILES string of the molecule is O=C(NCCCc1ncn[nH]1)c1cc(F)cnc1Cl. The van der Waals surface area contributed by atoms with Crippen molar-refractivity contribution in [3.63, 3.8) is 0 Å². The van der Waals surface area contributed by atoms with Crippen LogP contribution in [0.25, 0.3) is 0 Å². The van der Waals surface area contributed by atoms with Gasteiger partial charge < -0.3 is 5.32 Å². The van der Waals surface area contributed by atoms with E-state index in [1.165, 1.54) is 6.33 Å². The number of aromatic amines is 1. The van der Waals surface area contributed by atoms with Gasteiger partial charge in [-0.2, -0.15) is 5.10 Å². The van der Waals surface area contributed by atoms with Gasteiger partial charge in [-0.25, -0.2) is 14.4 Å². The average Bonchev–Trinajstić information content (AvgIpc) is 2.90. The number of carbonyl (C=O) groups is 1. The topological polar surface area (TPSA) is 83.6 Å². The molecule has 0 unspecified atom stereocenters. The molecule has 0 aromatic carbocycles. The Labute approximate surface area is 113 Å². The lowest BCUT2D eigenvalue weighted by Gasteiger charge is -2.05. The molecule has 0 fully saturated rings. The molecule has 6 nitrogen and oxygen atoms in total. The number of halogens is 2. The molecule has 0 saturated heterocycles. The van der Waals surface area contributed by atoms with Crippen LogP contribution in [0.1, 0.15) is 22.6 Å². The molecule has 19 heavy (non-hydrogen) atoms. The lowest BCUT2D eigenvalue weighted by Crippen LogP contribution is -2.25. The van der Waals surface area contributed by atoms with Gasteiger partial charge in [0.25, 0.3) is 5.91 Å². The molecule has 0 saturated carbocycles. The Morgan fingerprint density at radius 3 is 3.05 bits per heavy atom. The zero-order valence-electron chi connectivity index (χ0n) is 9.86. The summed E-state index contributed by atoms with van der Waals surface area (Å²) in [6.07, 6.45) is 3.73. The minimum atomic E-state index is -0.601. The van der Waals surface area contributed by atoms with Crippen LogP contribution in [0.2, 0.25) is 5.15 Å². The van der Waals surface area contributed by atoms with Crippen LogP contribution in [0.5, 0.6) is 0 Å². The Hall–Kier alpha value is -2.02. The zero-order chi connectivity index (χ0) is 13.7. The van der Waals surface area contributed by atoms with Crippen LogP contribution >= 0.6 is 11.6 Å². The van der Waals surface area contributed by atoms with Crippen molar-refractivity contribution in [1.29, 1.82) is 0 Å². The molecule has 0 radical (unpaired) electrons. The lowest BCUT2D eigenvalue weighted by atomic mass is 10.2. The fraction of sp³-hybridized carbons (Fsp3) is 0.273. The second-order valence-corrected chi connectivity index (χ2v) is 4.14. The highest BCUT2D eigenvalue weighted by molar-refractivity contribution is 6.32. The van der Waals surface area contributed by atoms with Gasteiger partial charge in [-0.1, -0.05) is 11.6 Å². The first-order valence-electron chi connectivity index (χ1n) is 5.60. The van der Waals surface area contributed by atoms with Crippen LogP contribution in [0.4, 0.5) is 4.39 Å². The molecule has 1 amide bonds. The Morgan fingerprint density at radius 1 is 1.47 bits per heavy atom. The second-order valence-electron chi connectivity index (χ2n) is 3.78. The Balaban J connectivity index is 1.82. The molecule has 2 N–H and O–H groups in total. The summed E-state index contributed by atoms with van der Waals surface area (Å²) in [5, 5.41) is 9.05. The predicted octanol–water partition coefficient (Wildman–Crippen LogP) is 1.35. The number of amides is 1. The van der Waals surface area contributed by atoms with Crippen LogP contribution < -0.4 is 5.32 Å². The molecule has 0 aliphatic carbocycles. The number of hydrogen-bond donors (Lipinski definition) is 2. The largest absolute Gasteiger partial charge is 0.352 e. The van der Waals surface area contributed by atoms with Gasteiger partial charge >= 0.3 is 0 Å². The average molecular weight is 284 g/mol. The first-order chi connectivity index (χ1) is 9.16. The van der Waals surface area contributed by atoms with E-state index >= 15 is 0 Å². The van der Waals surface area contributed by atoms with Crippen LogP contribution in [0.15, 0.2) is 18.6 Å². The van der Waals surface area contributed by atoms with E-state index < -0.39 is 11.7 Å². The van der Waals surface area contributed by atoms with Crippen molar-refractivity contribution in [2.24, 2.45) is 0 Å². The molecule has 0 aliphatic rings. The van der Waals surface area contributed by atoms with Gasteiger partial charge in [-0.3, -0.25) is 9.89 Å². The molecule has 100 valence electrons. The lowest BCUT2D eigenvalue weighted by molar-refractivity contribution is 0.0952. The highest BCUT2D eigenvalue weighted by atomic mass is 35.5. The Bertz CT molecular complexity index is 560. The van der Waals surface area contributed by atoms with Crippen LogP contribution in [0, 0.1) is 5.82 Å². The summed E-state index contributed by atoms with van der Waals surface area (Å²) in [7, 11) is 0. The van der Waals surface area contributed by atoms with Crippen LogP contribution in [-0.2, 0) is 6.42 Å². The standard InChI is InChI=1S/C11H11ClFN5O/c12-10-8(4-7(13)5-15-10)11(19)14-3-1-2-9-16-6-17-18-9/h4-6H,1-3H2,(H,14,19)(H,16,17,18). The van der Waals surface area contributed by atoms with Crippen molar-refractivity contribution in [2.45, 2.75) is 12.8 Å². The van der Waals surface area contributed by atoms with Gasteiger partial charge in [-0.05, 0) is 12.5 Å². The third-order valence-corrected chi connectivity index (χ3v) is 2.69. The minimum Gasteiger partial charge on any atom is -0.352 e. The molecule has 2 aromatic rings. The van der Waals surface area contributed by atoms with E-state index in [0.29, 0.717) is 19.4 Å². The fourth-order valence-corrected chi connectivity index (χ4v) is 1.68. The van der Waals surface area contributed by atoms with Crippen LogP contribution in [0.3, 0.4) is 0 Å². The number of hydrogen-bond acceptors (Lipinski definition) is 4. The quantitative estimate of drug-likeness (QED) is 0.641. The smallest absolute Gasteiger partial charge is 0.254 e. The van der Waals surface area contributed by atoms with E-state index in [1.54, 1.807) is 0 Å². The van der Waals surface area contributed by atoms with Gasteiger partial charge in [0.2, 0.25) is 0 Å². The normalized spacial score (nSPS) is 10.4. The maximum Gasteiger partial charge on any atom is 0.254 e. The monoisotopic (exact) mass is 283 g/mol. The van der Waals surface area contributed by atoms with E-state index in [4.69, 9.17) is 11.6 Å². The molecule has 0 aliphatic heterocycles. The third kappa shape index (κ3) is 3.72. The maximum atomic E-state index is 13.0. The third-order valence-electron chi connectivity index (χ3n) is 2.39. The summed E-state index contributed by atoms with van der Waals surface area (Å²) < 4.78 is 13.0. The Kier molecular flexibility index (Phi) is 4.40. The van der Waals surface area contributed by atoms with Gasteiger partial charge in [0.15, 0.2) is 0 Å². The van der Waals surface area contributed by atoms with Crippen molar-refractivity contribution >= 4 is 17.5 Å². The predicted molar refractivity (Wildman–Crippen MR) is 66.2 cm³/mol. The van der Waals surface area contributed by atoms with Crippen molar-refractivity contribution in [1.82, 2.24) is 25.5 Å². The minimum absolute atomic E-state index is 0.0193. The summed E-state index contributed by atoms with van der Waals surface area (Å²) in [5.41, 5.74) is 0.0290. The number of pyridine rings is 1. The number of aryl methyl sites for hydroxylation is 1. The number of rotatable bonds is 5. The van der Waals surface area contributed by atoms with Gasteiger partial charge in [-0.15, -0.1) is 0 Å². The highest BCUT2D eigenvalue weighted by Gasteiger charge is 2.12. The van der Waals surface area contributed by atoms with Crippen molar-refractivity contribution in [3.05, 3.63) is 40.9 Å². The van der Waals surface area contributed by atoms with Crippen molar-refractivity contribution in [3.8, 4) is 0 Å². The summed E-state index contributed by atoms with van der Waals surface area (Å²) in [6, 6.07) is 1.06. The summed E-state index contributed by atoms with van der Waals surface area (Å²) in [4.78, 5) is 19.3. The van der Waals surface area contributed by atoms with Crippen molar-refractivity contribution in [2.75, 3.05) is 6.54 Å². The molecular formula is C11H11ClFN5O. The first kappa shape index (κ1) is 13.4. The Morgan fingerprint density at radius 2 is 2.32 bits per heavy atom. The summed E-state index contributed by atoms with van der Waals surface area (Å²) in [6.45, 7) is 0.423. The molecule has 2 aromatic heterocycles. The molecule has 0 spiro atoms. The first-order valence-corrected chi connectivity index (χ1v) is 5.98.